The summed E-state index contributed by atoms with van der Waals surface area (Å²) in [6, 6.07) is 22.2. The van der Waals surface area contributed by atoms with Crippen molar-refractivity contribution in [3.63, 3.8) is 0 Å². The van der Waals surface area contributed by atoms with Crippen LogP contribution in [0.1, 0.15) is 5.56 Å². The summed E-state index contributed by atoms with van der Waals surface area (Å²) >= 11 is 0. The number of amides is 1. The highest BCUT2D eigenvalue weighted by Crippen LogP contribution is 2.29. The first-order valence-corrected chi connectivity index (χ1v) is 8.69. The number of non-ortho nitro benzene ring substituents is 1. The zero-order chi connectivity index (χ0) is 20.6. The minimum atomic E-state index is -0.492. The van der Waals surface area contributed by atoms with Gasteiger partial charge in [-0.05, 0) is 42.5 Å². The third-order valence-corrected chi connectivity index (χ3v) is 4.00. The molecule has 3 aromatic rings. The molecule has 0 bridgehead atoms. The number of anilines is 4. The van der Waals surface area contributed by atoms with E-state index in [0.717, 1.165) is 5.69 Å². The molecule has 0 heterocycles. The van der Waals surface area contributed by atoms with E-state index < -0.39 is 4.92 Å². The Morgan fingerprint density at radius 2 is 1.69 bits per heavy atom. The Morgan fingerprint density at radius 1 is 0.966 bits per heavy atom. The van der Waals surface area contributed by atoms with Crippen LogP contribution in [0.3, 0.4) is 0 Å². The number of nitrogens with one attached hydrogen (secondary N) is 3. The molecule has 0 saturated carbocycles. The van der Waals surface area contributed by atoms with Crippen molar-refractivity contribution in [2.45, 2.75) is 0 Å². The smallest absolute Gasteiger partial charge is 0.271 e. The lowest BCUT2D eigenvalue weighted by atomic mass is 10.2. The monoisotopic (exact) mass is 387 g/mol. The van der Waals surface area contributed by atoms with Crippen molar-refractivity contribution in [2.24, 2.45) is 0 Å². The Hall–Kier alpha value is -4.38. The maximum Gasteiger partial charge on any atom is 0.271 e. The largest absolute Gasteiger partial charge is 0.374 e. The van der Waals surface area contributed by atoms with Gasteiger partial charge in [-0.2, -0.15) is 5.26 Å². The molecule has 3 rings (SSSR count). The summed E-state index contributed by atoms with van der Waals surface area (Å²) < 4.78 is 0. The molecule has 0 aliphatic carbocycles. The maximum absolute atomic E-state index is 12.2. The number of carbonyl (C=O) groups excluding carboxylic acids is 1. The lowest BCUT2D eigenvalue weighted by molar-refractivity contribution is -0.384. The van der Waals surface area contributed by atoms with E-state index in [1.807, 2.05) is 36.4 Å². The van der Waals surface area contributed by atoms with E-state index in [4.69, 9.17) is 5.26 Å². The SMILES string of the molecule is N#Cc1ccc(NC(=O)CNc2cc([N+](=O)[O-])ccc2Nc2ccccc2)cc1. The van der Waals surface area contributed by atoms with Gasteiger partial charge < -0.3 is 16.0 Å². The van der Waals surface area contributed by atoms with E-state index in [2.05, 4.69) is 16.0 Å². The zero-order valence-corrected chi connectivity index (χ0v) is 15.3. The Kier molecular flexibility index (Phi) is 6.02. The van der Waals surface area contributed by atoms with Crippen LogP contribution in [0.25, 0.3) is 0 Å². The number of rotatable bonds is 7. The van der Waals surface area contributed by atoms with Crippen LogP contribution in [0.4, 0.5) is 28.4 Å². The standard InChI is InChI=1S/C21H17N5O3/c22-13-15-6-8-17(9-7-15)25-21(27)14-23-20-12-18(26(28)29)10-11-19(20)24-16-4-2-1-3-5-16/h1-12,23-24H,14H2,(H,25,27). The summed E-state index contributed by atoms with van der Waals surface area (Å²) in [5.74, 6) is -0.327. The van der Waals surface area contributed by atoms with Gasteiger partial charge in [-0.3, -0.25) is 14.9 Å². The van der Waals surface area contributed by atoms with Gasteiger partial charge >= 0.3 is 0 Å². The topological polar surface area (TPSA) is 120 Å². The average Bonchev–Trinajstić information content (AvgIpc) is 2.74. The fraction of sp³-hybridized carbons (Fsp3) is 0.0476. The van der Waals surface area contributed by atoms with Gasteiger partial charge in [0.25, 0.3) is 5.69 Å². The molecule has 3 N–H and O–H groups in total. The fourth-order valence-corrected chi connectivity index (χ4v) is 2.59. The van der Waals surface area contributed by atoms with Gasteiger partial charge in [-0.15, -0.1) is 0 Å². The molecule has 0 saturated heterocycles. The highest BCUT2D eigenvalue weighted by Gasteiger charge is 2.12. The van der Waals surface area contributed by atoms with Crippen molar-refractivity contribution < 1.29 is 9.72 Å². The van der Waals surface area contributed by atoms with Crippen LogP contribution in [-0.2, 0) is 4.79 Å². The van der Waals surface area contributed by atoms with Crippen molar-refractivity contribution in [3.8, 4) is 6.07 Å². The van der Waals surface area contributed by atoms with Gasteiger partial charge in [-0.25, -0.2) is 0 Å². The minimum Gasteiger partial charge on any atom is -0.374 e. The van der Waals surface area contributed by atoms with Gasteiger partial charge in [0.2, 0.25) is 5.91 Å². The summed E-state index contributed by atoms with van der Waals surface area (Å²) in [7, 11) is 0. The van der Waals surface area contributed by atoms with E-state index in [9.17, 15) is 14.9 Å². The number of hydrogen-bond donors (Lipinski definition) is 3. The molecule has 1 amide bonds. The molecule has 144 valence electrons. The van der Waals surface area contributed by atoms with Crippen LogP contribution in [0.2, 0.25) is 0 Å². The first-order valence-electron chi connectivity index (χ1n) is 8.69. The Balaban J connectivity index is 1.71. The predicted octanol–water partition coefficient (Wildman–Crippen LogP) is 4.26. The van der Waals surface area contributed by atoms with Gasteiger partial charge in [0.05, 0.1) is 34.5 Å². The van der Waals surface area contributed by atoms with E-state index in [1.54, 1.807) is 30.3 Å². The molecule has 0 aliphatic rings. The molecular formula is C21H17N5O3. The summed E-state index contributed by atoms with van der Waals surface area (Å²) in [4.78, 5) is 22.9. The van der Waals surface area contributed by atoms with Crippen LogP contribution >= 0.6 is 0 Å². The van der Waals surface area contributed by atoms with Gasteiger partial charge in [0.1, 0.15) is 0 Å². The molecule has 0 aromatic heterocycles. The summed E-state index contributed by atoms with van der Waals surface area (Å²) in [6.45, 7) is -0.0926. The van der Waals surface area contributed by atoms with Crippen LogP contribution in [0.5, 0.6) is 0 Å². The molecule has 0 radical (unpaired) electrons. The Morgan fingerprint density at radius 3 is 2.34 bits per heavy atom. The molecular weight excluding hydrogens is 370 g/mol. The number of carbonyl (C=O) groups is 1. The number of nitro benzene ring substituents is 1. The highest BCUT2D eigenvalue weighted by molar-refractivity contribution is 5.94. The summed E-state index contributed by atoms with van der Waals surface area (Å²) in [5, 5.41) is 28.7. The lowest BCUT2D eigenvalue weighted by Crippen LogP contribution is -2.22. The van der Waals surface area contributed by atoms with Crippen LogP contribution in [0.15, 0.2) is 72.8 Å². The maximum atomic E-state index is 12.2. The average molecular weight is 387 g/mol. The second kappa shape index (κ2) is 9.01. The van der Waals surface area contributed by atoms with Crippen molar-refractivity contribution in [3.05, 3.63) is 88.5 Å². The fourth-order valence-electron chi connectivity index (χ4n) is 2.59. The molecule has 0 unspecified atom stereocenters. The lowest BCUT2D eigenvalue weighted by Gasteiger charge is -2.14. The third-order valence-electron chi connectivity index (χ3n) is 4.00. The molecule has 0 fully saturated rings. The number of hydrogen-bond acceptors (Lipinski definition) is 6. The van der Waals surface area contributed by atoms with Gasteiger partial charge in [0.15, 0.2) is 0 Å². The highest BCUT2D eigenvalue weighted by atomic mass is 16.6. The minimum absolute atomic E-state index is 0.0846. The summed E-state index contributed by atoms with van der Waals surface area (Å²) in [6.07, 6.45) is 0. The van der Waals surface area contributed by atoms with E-state index in [-0.39, 0.29) is 18.1 Å². The van der Waals surface area contributed by atoms with E-state index >= 15 is 0 Å². The normalized spacial score (nSPS) is 9.90. The van der Waals surface area contributed by atoms with E-state index in [0.29, 0.717) is 22.6 Å². The van der Waals surface area contributed by atoms with Crippen molar-refractivity contribution >= 4 is 34.3 Å². The van der Waals surface area contributed by atoms with Gasteiger partial charge in [-0.1, -0.05) is 18.2 Å². The quantitative estimate of drug-likeness (QED) is 0.411. The van der Waals surface area contributed by atoms with Gasteiger partial charge in [0, 0.05) is 23.5 Å². The second-order valence-corrected chi connectivity index (χ2v) is 6.07. The first kappa shape index (κ1) is 19.4. The zero-order valence-electron chi connectivity index (χ0n) is 15.3. The number of nitrogens with zero attached hydrogens (tertiary/aromatic N) is 2. The van der Waals surface area contributed by atoms with Crippen LogP contribution in [0, 0.1) is 21.4 Å². The number of para-hydroxylation sites is 1. The van der Waals surface area contributed by atoms with Crippen molar-refractivity contribution in [1.82, 2.24) is 0 Å². The molecule has 0 aliphatic heterocycles. The molecule has 0 spiro atoms. The van der Waals surface area contributed by atoms with Crippen molar-refractivity contribution in [1.29, 1.82) is 5.26 Å². The molecule has 0 atom stereocenters. The van der Waals surface area contributed by atoms with Crippen LogP contribution in [-0.4, -0.2) is 17.4 Å². The number of nitro groups is 1. The third kappa shape index (κ3) is 5.30. The van der Waals surface area contributed by atoms with Crippen molar-refractivity contribution in [2.75, 3.05) is 22.5 Å². The Bertz CT molecular complexity index is 1060. The summed E-state index contributed by atoms with van der Waals surface area (Å²) in [5.41, 5.74) is 2.81. The first-order chi connectivity index (χ1) is 14.0. The number of nitriles is 1. The molecule has 3 aromatic carbocycles. The number of benzene rings is 3. The predicted molar refractivity (Wildman–Crippen MR) is 111 cm³/mol. The molecule has 8 nitrogen and oxygen atoms in total. The second-order valence-electron chi connectivity index (χ2n) is 6.07. The Labute approximate surface area is 166 Å². The molecule has 29 heavy (non-hydrogen) atoms. The van der Waals surface area contributed by atoms with Crippen LogP contribution < -0.4 is 16.0 Å². The van der Waals surface area contributed by atoms with E-state index in [1.165, 1.54) is 12.1 Å². The molecule has 8 heteroatoms.